The van der Waals surface area contributed by atoms with Crippen LogP contribution in [0.3, 0.4) is 0 Å². The zero-order valence-corrected chi connectivity index (χ0v) is 12.2. The van der Waals surface area contributed by atoms with E-state index in [9.17, 15) is 0 Å². The van der Waals surface area contributed by atoms with Crippen LogP contribution in [-0.4, -0.2) is 18.5 Å². The van der Waals surface area contributed by atoms with Crippen molar-refractivity contribution in [1.29, 1.82) is 0 Å². The first-order chi connectivity index (χ1) is 7.74. The minimum atomic E-state index is 0.747. The first-order valence-electron chi connectivity index (χ1n) is 6.52. The molecule has 16 heavy (non-hydrogen) atoms. The van der Waals surface area contributed by atoms with Gasteiger partial charge in [-0.25, -0.2) is 0 Å². The molecule has 1 aliphatic carbocycles. The number of hydrogen-bond donors (Lipinski definition) is 0. The number of allylic oxidation sites excluding steroid dienone is 2. The van der Waals surface area contributed by atoms with E-state index in [1.807, 2.05) is 0 Å². The van der Waals surface area contributed by atoms with Gasteiger partial charge in [0.05, 0.1) is 0 Å². The molecule has 0 aromatic heterocycles. The van der Waals surface area contributed by atoms with E-state index in [-0.39, 0.29) is 0 Å². The third-order valence-electron chi connectivity index (χ3n) is 3.61. The smallest absolute Gasteiger partial charge is 0.0499 e. The van der Waals surface area contributed by atoms with E-state index in [4.69, 9.17) is 4.74 Å². The van der Waals surface area contributed by atoms with Gasteiger partial charge in [0.15, 0.2) is 0 Å². The highest BCUT2D eigenvalue weighted by molar-refractivity contribution is 9.09. The molecule has 0 saturated carbocycles. The van der Waals surface area contributed by atoms with Crippen molar-refractivity contribution >= 4 is 15.9 Å². The molecule has 0 bridgehead atoms. The standard InChI is InChI=1S/C14H25BrO/c1-12(7-9-15)8-10-16-11-14-6-4-3-5-13(14)2/h3-4,12-14H,5-11H2,1-2H3. The minimum Gasteiger partial charge on any atom is -0.381 e. The average Bonchev–Trinajstić information content (AvgIpc) is 2.27. The molecule has 1 nitrogen and oxygen atoms in total. The van der Waals surface area contributed by atoms with Gasteiger partial charge in [0.25, 0.3) is 0 Å². The Morgan fingerprint density at radius 1 is 1.31 bits per heavy atom. The van der Waals surface area contributed by atoms with Crippen LogP contribution in [0.2, 0.25) is 0 Å². The molecule has 0 amide bonds. The Balaban J connectivity index is 2.04. The molecule has 0 saturated heterocycles. The van der Waals surface area contributed by atoms with Gasteiger partial charge in [-0.1, -0.05) is 41.9 Å². The largest absolute Gasteiger partial charge is 0.381 e. The van der Waals surface area contributed by atoms with E-state index in [0.29, 0.717) is 0 Å². The lowest BCUT2D eigenvalue weighted by atomic mass is 9.85. The van der Waals surface area contributed by atoms with Crippen LogP contribution in [0.4, 0.5) is 0 Å². The van der Waals surface area contributed by atoms with Crippen LogP contribution < -0.4 is 0 Å². The predicted molar refractivity (Wildman–Crippen MR) is 74.0 cm³/mol. The molecular weight excluding hydrogens is 264 g/mol. The number of ether oxygens (including phenoxy) is 1. The second-order valence-corrected chi connectivity index (χ2v) is 5.92. The highest BCUT2D eigenvalue weighted by Gasteiger charge is 2.18. The van der Waals surface area contributed by atoms with Gasteiger partial charge < -0.3 is 4.74 Å². The van der Waals surface area contributed by atoms with E-state index in [1.165, 1.54) is 25.7 Å². The fourth-order valence-electron chi connectivity index (χ4n) is 2.09. The topological polar surface area (TPSA) is 9.23 Å². The average molecular weight is 289 g/mol. The van der Waals surface area contributed by atoms with Crippen molar-refractivity contribution in [2.45, 2.75) is 39.5 Å². The number of alkyl halides is 1. The number of halogens is 1. The minimum absolute atomic E-state index is 0.747. The molecular formula is C14H25BrO. The normalized spacial score (nSPS) is 26.9. The first kappa shape index (κ1) is 14.2. The molecule has 0 aliphatic heterocycles. The maximum Gasteiger partial charge on any atom is 0.0499 e. The van der Waals surface area contributed by atoms with Crippen molar-refractivity contribution < 1.29 is 4.74 Å². The Hall–Kier alpha value is 0.180. The summed E-state index contributed by atoms with van der Waals surface area (Å²) in [6.07, 6.45) is 9.50. The molecule has 0 aromatic carbocycles. The molecule has 1 aliphatic rings. The highest BCUT2D eigenvalue weighted by Crippen LogP contribution is 2.25. The second kappa shape index (κ2) is 8.30. The fourth-order valence-corrected chi connectivity index (χ4v) is 2.87. The van der Waals surface area contributed by atoms with Crippen molar-refractivity contribution in [2.24, 2.45) is 17.8 Å². The summed E-state index contributed by atoms with van der Waals surface area (Å²) in [5.41, 5.74) is 0. The molecule has 2 heteroatoms. The lowest BCUT2D eigenvalue weighted by molar-refractivity contribution is 0.0712. The maximum atomic E-state index is 5.81. The summed E-state index contributed by atoms with van der Waals surface area (Å²) < 4.78 is 5.81. The van der Waals surface area contributed by atoms with Gasteiger partial charge in [-0.05, 0) is 43.4 Å². The van der Waals surface area contributed by atoms with Crippen molar-refractivity contribution in [2.75, 3.05) is 18.5 Å². The predicted octanol–water partition coefficient (Wildman–Crippen LogP) is 4.42. The van der Waals surface area contributed by atoms with Gasteiger partial charge in [0, 0.05) is 18.5 Å². The van der Waals surface area contributed by atoms with Gasteiger partial charge in [-0.3, -0.25) is 0 Å². The summed E-state index contributed by atoms with van der Waals surface area (Å²) in [7, 11) is 0. The zero-order chi connectivity index (χ0) is 11.8. The monoisotopic (exact) mass is 288 g/mol. The van der Waals surface area contributed by atoms with E-state index in [2.05, 4.69) is 41.9 Å². The Labute approximate surface area is 109 Å². The van der Waals surface area contributed by atoms with E-state index in [1.54, 1.807) is 0 Å². The number of hydrogen-bond acceptors (Lipinski definition) is 1. The molecule has 0 N–H and O–H groups in total. The molecule has 0 fully saturated rings. The SMILES string of the molecule is CC(CCBr)CCOCC1CC=CCC1C. The van der Waals surface area contributed by atoms with Gasteiger partial charge in [-0.2, -0.15) is 0 Å². The lowest BCUT2D eigenvalue weighted by Crippen LogP contribution is -2.20. The molecule has 94 valence electrons. The van der Waals surface area contributed by atoms with Gasteiger partial charge in [-0.15, -0.1) is 0 Å². The van der Waals surface area contributed by atoms with Gasteiger partial charge in [0.2, 0.25) is 0 Å². The van der Waals surface area contributed by atoms with Crippen LogP contribution in [0.15, 0.2) is 12.2 Å². The van der Waals surface area contributed by atoms with Crippen LogP contribution in [-0.2, 0) is 4.74 Å². The summed E-state index contributed by atoms with van der Waals surface area (Å²) in [6.45, 7) is 6.52. The van der Waals surface area contributed by atoms with Crippen LogP contribution in [0.5, 0.6) is 0 Å². The van der Waals surface area contributed by atoms with Gasteiger partial charge >= 0.3 is 0 Å². The summed E-state index contributed by atoms with van der Waals surface area (Å²) in [4.78, 5) is 0. The van der Waals surface area contributed by atoms with Crippen molar-refractivity contribution in [3.8, 4) is 0 Å². The van der Waals surface area contributed by atoms with Crippen LogP contribution in [0.25, 0.3) is 0 Å². The summed E-state index contributed by atoms with van der Waals surface area (Å²) in [5.74, 6) is 2.32. The number of rotatable bonds is 7. The van der Waals surface area contributed by atoms with E-state index in [0.717, 1.165) is 36.3 Å². The Kier molecular flexibility index (Phi) is 7.39. The molecule has 1 rings (SSSR count). The molecule has 0 aromatic rings. The maximum absolute atomic E-state index is 5.81. The summed E-state index contributed by atoms with van der Waals surface area (Å²) >= 11 is 3.48. The van der Waals surface area contributed by atoms with E-state index < -0.39 is 0 Å². The lowest BCUT2D eigenvalue weighted by Gasteiger charge is -2.25. The Bertz CT molecular complexity index is 203. The molecule has 0 spiro atoms. The molecule has 0 radical (unpaired) electrons. The first-order valence-corrected chi connectivity index (χ1v) is 7.65. The van der Waals surface area contributed by atoms with Crippen LogP contribution >= 0.6 is 15.9 Å². The van der Waals surface area contributed by atoms with Crippen LogP contribution in [0.1, 0.15) is 39.5 Å². The zero-order valence-electron chi connectivity index (χ0n) is 10.6. The molecule has 0 heterocycles. The Morgan fingerprint density at radius 3 is 2.75 bits per heavy atom. The van der Waals surface area contributed by atoms with Crippen LogP contribution in [0, 0.1) is 17.8 Å². The van der Waals surface area contributed by atoms with Crippen molar-refractivity contribution in [3.63, 3.8) is 0 Å². The molecule has 3 unspecified atom stereocenters. The third-order valence-corrected chi connectivity index (χ3v) is 4.06. The molecule has 3 atom stereocenters. The summed E-state index contributed by atoms with van der Waals surface area (Å²) in [5, 5.41) is 1.11. The van der Waals surface area contributed by atoms with E-state index >= 15 is 0 Å². The third kappa shape index (κ3) is 5.49. The summed E-state index contributed by atoms with van der Waals surface area (Å²) in [6, 6.07) is 0. The van der Waals surface area contributed by atoms with Gasteiger partial charge in [0.1, 0.15) is 0 Å². The quantitative estimate of drug-likeness (QED) is 0.383. The second-order valence-electron chi connectivity index (χ2n) is 5.13. The fraction of sp³-hybridized carbons (Fsp3) is 0.857. The van der Waals surface area contributed by atoms with Crippen molar-refractivity contribution in [3.05, 3.63) is 12.2 Å². The highest BCUT2D eigenvalue weighted by atomic mass is 79.9. The Morgan fingerprint density at radius 2 is 2.06 bits per heavy atom. The van der Waals surface area contributed by atoms with Crippen molar-refractivity contribution in [1.82, 2.24) is 0 Å².